The summed E-state index contributed by atoms with van der Waals surface area (Å²) in [6.45, 7) is 2.53. The van der Waals surface area contributed by atoms with E-state index in [2.05, 4.69) is 24.1 Å². The summed E-state index contributed by atoms with van der Waals surface area (Å²) in [4.78, 5) is 12.0. The summed E-state index contributed by atoms with van der Waals surface area (Å²) in [6, 6.07) is 7.71. The van der Waals surface area contributed by atoms with Crippen LogP contribution in [-0.4, -0.2) is 18.5 Å². The second-order valence-corrected chi connectivity index (χ2v) is 4.95. The Morgan fingerprint density at radius 1 is 1.42 bits per heavy atom. The standard InChI is InChI=1S/C16H20N2O/c1-2-4-14-11-15(14)18-16(19)13-8-6-12(7-9-13)5-3-10-17/h6-9,14-15H,2,4,10-11,17H2,1H3,(H,18,19). The van der Waals surface area contributed by atoms with Crippen molar-refractivity contribution in [3.05, 3.63) is 35.4 Å². The molecule has 0 spiro atoms. The molecule has 3 N–H and O–H groups in total. The molecule has 0 aromatic heterocycles. The number of carbonyl (C=O) groups is 1. The van der Waals surface area contributed by atoms with E-state index in [9.17, 15) is 4.79 Å². The molecule has 1 amide bonds. The first-order chi connectivity index (χ1) is 9.24. The zero-order chi connectivity index (χ0) is 13.7. The SMILES string of the molecule is CCCC1CC1NC(=O)c1ccc(C#CCN)cc1. The molecule has 0 saturated heterocycles. The smallest absolute Gasteiger partial charge is 0.251 e. The summed E-state index contributed by atoms with van der Waals surface area (Å²) in [7, 11) is 0. The zero-order valence-corrected chi connectivity index (χ0v) is 11.3. The molecule has 1 aliphatic rings. The highest BCUT2D eigenvalue weighted by molar-refractivity contribution is 5.94. The van der Waals surface area contributed by atoms with Gasteiger partial charge in [-0.1, -0.05) is 25.2 Å². The van der Waals surface area contributed by atoms with Gasteiger partial charge in [0.2, 0.25) is 0 Å². The molecular weight excluding hydrogens is 236 g/mol. The van der Waals surface area contributed by atoms with Crippen LogP contribution < -0.4 is 11.1 Å². The lowest BCUT2D eigenvalue weighted by atomic mass is 10.1. The Hall–Kier alpha value is -1.79. The Bertz CT molecular complexity index is 496. The average Bonchev–Trinajstić information content (AvgIpc) is 3.15. The van der Waals surface area contributed by atoms with Gasteiger partial charge >= 0.3 is 0 Å². The van der Waals surface area contributed by atoms with Gasteiger partial charge in [-0.15, -0.1) is 0 Å². The van der Waals surface area contributed by atoms with Crippen LogP contribution in [0.3, 0.4) is 0 Å². The molecule has 3 nitrogen and oxygen atoms in total. The van der Waals surface area contributed by atoms with E-state index in [1.54, 1.807) is 0 Å². The number of nitrogens with one attached hydrogen (secondary N) is 1. The van der Waals surface area contributed by atoms with Gasteiger partial charge in [-0.05, 0) is 43.0 Å². The summed E-state index contributed by atoms with van der Waals surface area (Å²) in [6.07, 6.45) is 3.52. The molecule has 2 atom stereocenters. The minimum absolute atomic E-state index is 0.0157. The monoisotopic (exact) mass is 256 g/mol. The first-order valence-corrected chi connectivity index (χ1v) is 6.84. The molecule has 19 heavy (non-hydrogen) atoms. The van der Waals surface area contributed by atoms with Crippen molar-refractivity contribution in [2.24, 2.45) is 11.7 Å². The minimum Gasteiger partial charge on any atom is -0.349 e. The van der Waals surface area contributed by atoms with Gasteiger partial charge in [0.25, 0.3) is 5.91 Å². The second kappa shape index (κ2) is 6.40. The number of hydrogen-bond acceptors (Lipinski definition) is 2. The van der Waals surface area contributed by atoms with E-state index < -0.39 is 0 Å². The van der Waals surface area contributed by atoms with Crippen LogP contribution in [0.4, 0.5) is 0 Å². The highest BCUT2D eigenvalue weighted by Gasteiger charge is 2.37. The van der Waals surface area contributed by atoms with Crippen LogP contribution in [0.1, 0.15) is 42.1 Å². The molecule has 3 heteroatoms. The molecular formula is C16H20N2O. The van der Waals surface area contributed by atoms with E-state index in [0.29, 0.717) is 24.1 Å². The van der Waals surface area contributed by atoms with Gasteiger partial charge in [0.1, 0.15) is 0 Å². The molecule has 1 saturated carbocycles. The Morgan fingerprint density at radius 2 is 2.16 bits per heavy atom. The molecule has 0 bridgehead atoms. The van der Waals surface area contributed by atoms with Crippen molar-refractivity contribution >= 4 is 5.91 Å². The quantitative estimate of drug-likeness (QED) is 0.809. The van der Waals surface area contributed by atoms with Crippen LogP contribution in [0.25, 0.3) is 0 Å². The highest BCUT2D eigenvalue weighted by Crippen LogP contribution is 2.34. The van der Waals surface area contributed by atoms with Gasteiger partial charge < -0.3 is 11.1 Å². The van der Waals surface area contributed by atoms with Crippen LogP contribution >= 0.6 is 0 Å². The number of carbonyl (C=O) groups excluding carboxylic acids is 1. The van der Waals surface area contributed by atoms with Gasteiger partial charge in [-0.2, -0.15) is 0 Å². The molecule has 1 fully saturated rings. The van der Waals surface area contributed by atoms with Crippen molar-refractivity contribution in [2.75, 3.05) is 6.54 Å². The molecule has 2 unspecified atom stereocenters. The van der Waals surface area contributed by atoms with Crippen molar-refractivity contribution in [3.8, 4) is 11.8 Å². The van der Waals surface area contributed by atoms with Crippen LogP contribution in [0, 0.1) is 17.8 Å². The largest absolute Gasteiger partial charge is 0.349 e. The van der Waals surface area contributed by atoms with E-state index in [4.69, 9.17) is 5.73 Å². The Morgan fingerprint density at radius 3 is 2.79 bits per heavy atom. The Balaban J connectivity index is 1.89. The van der Waals surface area contributed by atoms with E-state index in [-0.39, 0.29) is 5.91 Å². The first kappa shape index (κ1) is 13.6. The lowest BCUT2D eigenvalue weighted by molar-refractivity contribution is 0.0949. The molecule has 1 aromatic rings. The van der Waals surface area contributed by atoms with Crippen molar-refractivity contribution in [2.45, 2.75) is 32.2 Å². The predicted octanol–water partition coefficient (Wildman–Crippen LogP) is 1.92. The van der Waals surface area contributed by atoms with E-state index in [1.165, 1.54) is 12.8 Å². The third-order valence-electron chi connectivity index (χ3n) is 3.38. The third kappa shape index (κ3) is 3.84. The third-order valence-corrected chi connectivity index (χ3v) is 3.38. The molecule has 0 aliphatic heterocycles. The maximum atomic E-state index is 12.0. The number of amides is 1. The van der Waals surface area contributed by atoms with Gasteiger partial charge in [-0.25, -0.2) is 0 Å². The zero-order valence-electron chi connectivity index (χ0n) is 11.3. The van der Waals surface area contributed by atoms with Gasteiger partial charge in [0, 0.05) is 17.2 Å². The summed E-state index contributed by atoms with van der Waals surface area (Å²) >= 11 is 0. The van der Waals surface area contributed by atoms with Crippen molar-refractivity contribution in [1.29, 1.82) is 0 Å². The normalized spacial score (nSPS) is 20.3. The van der Waals surface area contributed by atoms with E-state index in [0.717, 1.165) is 12.0 Å². The Kier molecular flexibility index (Phi) is 4.59. The molecule has 0 heterocycles. The van der Waals surface area contributed by atoms with Crippen LogP contribution in [0.5, 0.6) is 0 Å². The maximum absolute atomic E-state index is 12.0. The number of benzene rings is 1. The maximum Gasteiger partial charge on any atom is 0.251 e. The lowest BCUT2D eigenvalue weighted by Crippen LogP contribution is -2.26. The fraction of sp³-hybridized carbons (Fsp3) is 0.438. The minimum atomic E-state index is 0.0157. The summed E-state index contributed by atoms with van der Waals surface area (Å²) in [5, 5.41) is 3.07. The highest BCUT2D eigenvalue weighted by atomic mass is 16.1. The van der Waals surface area contributed by atoms with Crippen molar-refractivity contribution in [3.63, 3.8) is 0 Å². The summed E-state index contributed by atoms with van der Waals surface area (Å²) < 4.78 is 0. The van der Waals surface area contributed by atoms with Crippen LogP contribution in [0.15, 0.2) is 24.3 Å². The average molecular weight is 256 g/mol. The number of hydrogen-bond donors (Lipinski definition) is 2. The van der Waals surface area contributed by atoms with Gasteiger partial charge in [0.05, 0.1) is 6.54 Å². The fourth-order valence-corrected chi connectivity index (χ4v) is 2.22. The van der Waals surface area contributed by atoms with Crippen LogP contribution in [-0.2, 0) is 0 Å². The van der Waals surface area contributed by atoms with Gasteiger partial charge in [-0.3, -0.25) is 4.79 Å². The van der Waals surface area contributed by atoms with E-state index >= 15 is 0 Å². The predicted molar refractivity (Wildman–Crippen MR) is 76.6 cm³/mol. The molecule has 1 aromatic carbocycles. The summed E-state index contributed by atoms with van der Waals surface area (Å²) in [5.41, 5.74) is 6.90. The first-order valence-electron chi connectivity index (χ1n) is 6.84. The summed E-state index contributed by atoms with van der Waals surface area (Å²) in [5.74, 6) is 6.43. The molecule has 2 rings (SSSR count). The molecule has 100 valence electrons. The van der Waals surface area contributed by atoms with Crippen molar-refractivity contribution in [1.82, 2.24) is 5.32 Å². The van der Waals surface area contributed by atoms with Gasteiger partial charge in [0.15, 0.2) is 0 Å². The number of nitrogens with two attached hydrogens (primary N) is 1. The fourth-order valence-electron chi connectivity index (χ4n) is 2.22. The lowest BCUT2D eigenvalue weighted by Gasteiger charge is -2.04. The Labute approximate surface area is 114 Å². The van der Waals surface area contributed by atoms with E-state index in [1.807, 2.05) is 24.3 Å². The van der Waals surface area contributed by atoms with Crippen molar-refractivity contribution < 1.29 is 4.79 Å². The van der Waals surface area contributed by atoms with Crippen LogP contribution in [0.2, 0.25) is 0 Å². The number of rotatable bonds is 4. The topological polar surface area (TPSA) is 55.1 Å². The molecule has 0 radical (unpaired) electrons. The second-order valence-electron chi connectivity index (χ2n) is 4.95. The molecule has 1 aliphatic carbocycles.